The lowest BCUT2D eigenvalue weighted by Gasteiger charge is -2.12. The van der Waals surface area contributed by atoms with Gasteiger partial charge in [-0.1, -0.05) is 12.1 Å². The van der Waals surface area contributed by atoms with Crippen LogP contribution in [0.15, 0.2) is 35.1 Å². The summed E-state index contributed by atoms with van der Waals surface area (Å²) >= 11 is 0. The standard InChI is InChI=1S/C15H13FN2O2/c1-10-6-7-11(8-17)15(19)18(10)9-12-4-3-5-13(20-2)14(12)16/h3-7H,9H2,1-2H3. The van der Waals surface area contributed by atoms with Gasteiger partial charge >= 0.3 is 0 Å². The third-order valence-corrected chi connectivity index (χ3v) is 3.10. The molecule has 0 aliphatic carbocycles. The summed E-state index contributed by atoms with van der Waals surface area (Å²) in [7, 11) is 1.38. The molecule has 0 radical (unpaired) electrons. The maximum absolute atomic E-state index is 14.1. The highest BCUT2D eigenvalue weighted by Gasteiger charge is 2.12. The average molecular weight is 272 g/mol. The molecule has 0 saturated carbocycles. The van der Waals surface area contributed by atoms with E-state index in [2.05, 4.69) is 0 Å². The van der Waals surface area contributed by atoms with Crippen LogP contribution in [0.5, 0.6) is 5.75 Å². The van der Waals surface area contributed by atoms with Crippen LogP contribution in [0.25, 0.3) is 0 Å². The molecule has 0 fully saturated rings. The van der Waals surface area contributed by atoms with E-state index in [4.69, 9.17) is 10.00 Å². The summed E-state index contributed by atoms with van der Waals surface area (Å²) in [5, 5.41) is 8.88. The Morgan fingerprint density at radius 1 is 1.35 bits per heavy atom. The van der Waals surface area contributed by atoms with Crippen molar-refractivity contribution in [2.24, 2.45) is 0 Å². The van der Waals surface area contributed by atoms with Crippen molar-refractivity contribution < 1.29 is 9.13 Å². The van der Waals surface area contributed by atoms with Crippen LogP contribution in [0, 0.1) is 24.1 Å². The average Bonchev–Trinajstić information content (AvgIpc) is 2.45. The summed E-state index contributed by atoms with van der Waals surface area (Å²) in [6.45, 7) is 1.80. The molecule has 0 atom stereocenters. The van der Waals surface area contributed by atoms with Crippen LogP contribution in [0.2, 0.25) is 0 Å². The molecule has 0 unspecified atom stereocenters. The monoisotopic (exact) mass is 272 g/mol. The molecule has 1 heterocycles. The zero-order chi connectivity index (χ0) is 14.7. The lowest BCUT2D eigenvalue weighted by molar-refractivity contribution is 0.383. The third kappa shape index (κ3) is 2.41. The molecule has 2 rings (SSSR count). The molecule has 0 bridgehead atoms. The summed E-state index contributed by atoms with van der Waals surface area (Å²) in [5.74, 6) is -0.367. The van der Waals surface area contributed by atoms with Crippen molar-refractivity contribution >= 4 is 0 Å². The van der Waals surface area contributed by atoms with Crippen LogP contribution in [0.1, 0.15) is 16.8 Å². The zero-order valence-corrected chi connectivity index (χ0v) is 11.2. The first kappa shape index (κ1) is 13.8. The second-order valence-electron chi connectivity index (χ2n) is 4.32. The van der Waals surface area contributed by atoms with Gasteiger partial charge in [-0.15, -0.1) is 0 Å². The number of aryl methyl sites for hydroxylation is 1. The minimum Gasteiger partial charge on any atom is -0.494 e. The van der Waals surface area contributed by atoms with E-state index in [-0.39, 0.29) is 17.9 Å². The lowest BCUT2D eigenvalue weighted by Crippen LogP contribution is -2.25. The van der Waals surface area contributed by atoms with Gasteiger partial charge in [0.15, 0.2) is 11.6 Å². The molecular weight excluding hydrogens is 259 g/mol. The fourth-order valence-electron chi connectivity index (χ4n) is 1.96. The first-order valence-corrected chi connectivity index (χ1v) is 6.00. The van der Waals surface area contributed by atoms with Gasteiger partial charge in [-0.05, 0) is 25.1 Å². The maximum Gasteiger partial charge on any atom is 0.268 e. The lowest BCUT2D eigenvalue weighted by atomic mass is 10.1. The van der Waals surface area contributed by atoms with Crippen LogP contribution in [-0.2, 0) is 6.54 Å². The molecule has 2 aromatic rings. The van der Waals surface area contributed by atoms with Gasteiger partial charge in [0.25, 0.3) is 5.56 Å². The third-order valence-electron chi connectivity index (χ3n) is 3.10. The molecule has 1 aromatic heterocycles. The Kier molecular flexibility index (Phi) is 3.85. The SMILES string of the molecule is COc1cccc(Cn2c(C)ccc(C#N)c2=O)c1F. The fourth-order valence-corrected chi connectivity index (χ4v) is 1.96. The molecule has 20 heavy (non-hydrogen) atoms. The molecule has 0 aliphatic rings. The van der Waals surface area contributed by atoms with E-state index in [1.165, 1.54) is 23.8 Å². The Morgan fingerprint density at radius 3 is 2.75 bits per heavy atom. The van der Waals surface area contributed by atoms with E-state index in [1.807, 2.05) is 6.07 Å². The highest BCUT2D eigenvalue weighted by Crippen LogP contribution is 2.20. The summed E-state index contributed by atoms with van der Waals surface area (Å²) in [6.07, 6.45) is 0. The highest BCUT2D eigenvalue weighted by atomic mass is 19.1. The Balaban J connectivity index is 2.51. The number of benzene rings is 1. The first-order valence-electron chi connectivity index (χ1n) is 6.00. The maximum atomic E-state index is 14.1. The number of rotatable bonds is 3. The van der Waals surface area contributed by atoms with E-state index < -0.39 is 11.4 Å². The number of aromatic nitrogens is 1. The van der Waals surface area contributed by atoms with Crippen molar-refractivity contribution in [3.8, 4) is 11.8 Å². The van der Waals surface area contributed by atoms with Crippen LogP contribution in [0.3, 0.4) is 0 Å². The van der Waals surface area contributed by atoms with Crippen molar-refractivity contribution in [3.63, 3.8) is 0 Å². The van der Waals surface area contributed by atoms with Crippen LogP contribution >= 0.6 is 0 Å². The van der Waals surface area contributed by atoms with Gasteiger partial charge < -0.3 is 9.30 Å². The largest absolute Gasteiger partial charge is 0.494 e. The molecule has 1 aromatic carbocycles. The minimum absolute atomic E-state index is 0.0407. The summed E-state index contributed by atoms with van der Waals surface area (Å²) < 4.78 is 20.4. The molecule has 0 N–H and O–H groups in total. The first-order chi connectivity index (χ1) is 9.58. The van der Waals surface area contributed by atoms with Crippen LogP contribution in [-0.4, -0.2) is 11.7 Å². The van der Waals surface area contributed by atoms with E-state index >= 15 is 0 Å². The van der Waals surface area contributed by atoms with Crippen molar-refractivity contribution in [2.75, 3.05) is 7.11 Å². The van der Waals surface area contributed by atoms with Gasteiger partial charge in [-0.2, -0.15) is 5.26 Å². The van der Waals surface area contributed by atoms with Crippen molar-refractivity contribution in [3.05, 3.63) is 63.3 Å². The van der Waals surface area contributed by atoms with E-state index in [0.717, 1.165) is 0 Å². The predicted octanol–water partition coefficient (Wildman–Crippen LogP) is 2.22. The van der Waals surface area contributed by atoms with E-state index in [9.17, 15) is 9.18 Å². The second-order valence-corrected chi connectivity index (χ2v) is 4.32. The van der Waals surface area contributed by atoms with Crippen molar-refractivity contribution in [1.82, 2.24) is 4.57 Å². The number of ether oxygens (including phenoxy) is 1. The molecule has 0 saturated heterocycles. The van der Waals surface area contributed by atoms with Gasteiger partial charge in [0.05, 0.1) is 13.7 Å². The number of halogens is 1. The fraction of sp³-hybridized carbons (Fsp3) is 0.200. The smallest absolute Gasteiger partial charge is 0.268 e. The Labute approximate surface area is 115 Å². The molecule has 5 heteroatoms. The number of nitriles is 1. The quantitative estimate of drug-likeness (QED) is 0.861. The summed E-state index contributed by atoms with van der Waals surface area (Å²) in [4.78, 5) is 12.1. The summed E-state index contributed by atoms with van der Waals surface area (Å²) in [5.41, 5.74) is 0.620. The number of hydrogen-bond acceptors (Lipinski definition) is 3. The van der Waals surface area contributed by atoms with Crippen LogP contribution < -0.4 is 10.3 Å². The van der Waals surface area contributed by atoms with Crippen molar-refractivity contribution in [1.29, 1.82) is 5.26 Å². The number of nitrogens with zero attached hydrogens (tertiary/aromatic N) is 2. The topological polar surface area (TPSA) is 55.0 Å². The normalized spacial score (nSPS) is 10.1. The molecule has 102 valence electrons. The number of methoxy groups -OCH3 is 1. The summed E-state index contributed by atoms with van der Waals surface area (Å²) in [6, 6.07) is 9.73. The van der Waals surface area contributed by atoms with Gasteiger partial charge in [-0.25, -0.2) is 4.39 Å². The Morgan fingerprint density at radius 2 is 2.10 bits per heavy atom. The van der Waals surface area contributed by atoms with Gasteiger partial charge in [0.1, 0.15) is 11.6 Å². The van der Waals surface area contributed by atoms with Gasteiger partial charge in [0, 0.05) is 11.3 Å². The van der Waals surface area contributed by atoms with E-state index in [1.54, 1.807) is 25.1 Å². The molecular formula is C15H13FN2O2. The molecule has 0 aliphatic heterocycles. The Hall–Kier alpha value is -2.61. The number of pyridine rings is 1. The van der Waals surface area contributed by atoms with Gasteiger partial charge in [0.2, 0.25) is 0 Å². The predicted molar refractivity (Wildman–Crippen MR) is 72.2 cm³/mol. The zero-order valence-electron chi connectivity index (χ0n) is 11.2. The molecule has 0 amide bonds. The minimum atomic E-state index is -0.497. The highest BCUT2D eigenvalue weighted by molar-refractivity contribution is 5.33. The Bertz CT molecular complexity index is 745. The molecule has 4 nitrogen and oxygen atoms in total. The van der Waals surface area contributed by atoms with E-state index in [0.29, 0.717) is 11.3 Å². The number of hydrogen-bond donors (Lipinski definition) is 0. The molecule has 0 spiro atoms. The second kappa shape index (κ2) is 5.57. The van der Waals surface area contributed by atoms with Gasteiger partial charge in [-0.3, -0.25) is 4.79 Å². The van der Waals surface area contributed by atoms with Crippen LogP contribution in [0.4, 0.5) is 4.39 Å². The van der Waals surface area contributed by atoms with Crippen molar-refractivity contribution in [2.45, 2.75) is 13.5 Å².